The van der Waals surface area contributed by atoms with E-state index in [0.29, 0.717) is 57.4 Å². The van der Waals surface area contributed by atoms with Crippen LogP contribution in [-0.4, -0.2) is 60.4 Å². The smallest absolute Gasteiger partial charge is 0.266 e. The molecule has 0 aliphatic carbocycles. The first-order valence-corrected chi connectivity index (χ1v) is 22.0. The highest BCUT2D eigenvalue weighted by Gasteiger charge is 2.39. The third kappa shape index (κ3) is 7.20. The summed E-state index contributed by atoms with van der Waals surface area (Å²) in [6.07, 6.45) is 3.23. The zero-order chi connectivity index (χ0) is 41.0. The minimum absolute atomic E-state index is 0.0137. The van der Waals surface area contributed by atoms with Gasteiger partial charge in [-0.1, -0.05) is 58.0 Å². The molecule has 11 nitrogen and oxygen atoms in total. The van der Waals surface area contributed by atoms with E-state index in [1.165, 1.54) is 0 Å². The molecule has 0 saturated carbocycles. The Hall–Kier alpha value is -5.79. The summed E-state index contributed by atoms with van der Waals surface area (Å²) in [5.74, 6) is 2.58. The Morgan fingerprint density at radius 2 is 1.49 bits per heavy atom. The maximum atomic E-state index is 13.8. The molecule has 59 heavy (non-hydrogen) atoms. The van der Waals surface area contributed by atoms with Gasteiger partial charge in [0.25, 0.3) is 11.5 Å². The topological polar surface area (TPSA) is 107 Å². The molecule has 5 aromatic carbocycles. The fourth-order valence-electron chi connectivity index (χ4n) is 8.48. The van der Waals surface area contributed by atoms with Gasteiger partial charge in [-0.3, -0.25) is 19.1 Å². The molecular formula is C46H45N5O6S2. The van der Waals surface area contributed by atoms with Gasteiger partial charge in [-0.2, -0.15) is 0 Å². The molecule has 302 valence electrons. The average molecular weight is 828 g/mol. The SMILES string of the molecule is COc1cc2c(cc1OCc1cc(COc3cc4nc5n(c(=O)c4cc3OC)-c3ccccc3C5)cc(N(C)CC(C)(C)SSC)c1)N[C@@H]1Cc3ccccc3N1C2=O. The van der Waals surface area contributed by atoms with Gasteiger partial charge < -0.3 is 29.2 Å². The lowest BCUT2D eigenvalue weighted by Crippen LogP contribution is -2.46. The fraction of sp³-hybridized carbons (Fsp3) is 0.283. The Kier molecular flexibility index (Phi) is 10.1. The van der Waals surface area contributed by atoms with Crippen LogP contribution < -0.4 is 39.6 Å². The maximum Gasteiger partial charge on any atom is 0.266 e. The normalized spacial score (nSPS) is 14.8. The lowest BCUT2D eigenvalue weighted by Gasteiger charge is -2.33. The first-order chi connectivity index (χ1) is 28.5. The molecule has 1 aromatic heterocycles. The average Bonchev–Trinajstić information content (AvgIpc) is 3.79. The third-order valence-corrected chi connectivity index (χ3v) is 13.6. The van der Waals surface area contributed by atoms with Crippen molar-refractivity contribution >= 4 is 55.5 Å². The molecule has 1 atom stereocenters. The summed E-state index contributed by atoms with van der Waals surface area (Å²) in [6.45, 7) is 5.75. The van der Waals surface area contributed by atoms with Gasteiger partial charge in [0.2, 0.25) is 0 Å². The van der Waals surface area contributed by atoms with Crippen LogP contribution in [0.4, 0.5) is 17.1 Å². The second kappa shape index (κ2) is 15.4. The summed E-state index contributed by atoms with van der Waals surface area (Å²) < 4.78 is 26.3. The number of ether oxygens (including phenoxy) is 4. The van der Waals surface area contributed by atoms with E-state index in [1.807, 2.05) is 64.2 Å². The molecule has 3 aliphatic heterocycles. The van der Waals surface area contributed by atoms with E-state index in [1.54, 1.807) is 47.8 Å². The van der Waals surface area contributed by atoms with E-state index in [0.717, 1.165) is 52.3 Å². The monoisotopic (exact) mass is 827 g/mol. The third-order valence-electron chi connectivity index (χ3n) is 11.0. The lowest BCUT2D eigenvalue weighted by atomic mass is 10.1. The van der Waals surface area contributed by atoms with Gasteiger partial charge in [-0.05, 0) is 84.8 Å². The lowest BCUT2D eigenvalue weighted by molar-refractivity contribution is 0.0978. The number of para-hydroxylation sites is 2. The van der Waals surface area contributed by atoms with Crippen molar-refractivity contribution in [1.29, 1.82) is 0 Å². The molecule has 1 amide bonds. The number of hydrogen-bond acceptors (Lipinski definition) is 11. The van der Waals surface area contributed by atoms with Crippen LogP contribution in [0.2, 0.25) is 0 Å². The number of carbonyl (C=O) groups is 1. The fourth-order valence-corrected chi connectivity index (χ4v) is 10.7. The number of fused-ring (bicyclic) bond motifs is 8. The highest BCUT2D eigenvalue weighted by atomic mass is 33.1. The number of aromatic nitrogens is 2. The Balaban J connectivity index is 0.999. The summed E-state index contributed by atoms with van der Waals surface area (Å²) in [7, 11) is 8.86. The maximum absolute atomic E-state index is 13.8. The van der Waals surface area contributed by atoms with Crippen LogP contribution in [0.3, 0.4) is 0 Å². The molecule has 4 heterocycles. The molecule has 0 saturated heterocycles. The van der Waals surface area contributed by atoms with Crippen LogP contribution in [0.25, 0.3) is 16.6 Å². The number of benzene rings is 5. The van der Waals surface area contributed by atoms with Crippen molar-refractivity contribution in [3.8, 4) is 28.7 Å². The van der Waals surface area contributed by atoms with Crippen LogP contribution in [-0.2, 0) is 26.1 Å². The number of nitrogens with one attached hydrogen (secondary N) is 1. The number of hydrogen-bond donors (Lipinski definition) is 1. The summed E-state index contributed by atoms with van der Waals surface area (Å²) in [5.41, 5.74) is 8.55. The predicted octanol–water partition coefficient (Wildman–Crippen LogP) is 8.65. The molecule has 1 N–H and O–H groups in total. The van der Waals surface area contributed by atoms with Crippen molar-refractivity contribution in [1.82, 2.24) is 9.55 Å². The van der Waals surface area contributed by atoms with Crippen LogP contribution in [0.5, 0.6) is 23.0 Å². The summed E-state index contributed by atoms with van der Waals surface area (Å²) >= 11 is 0. The highest BCUT2D eigenvalue weighted by molar-refractivity contribution is 8.77. The van der Waals surface area contributed by atoms with Gasteiger partial charge in [0.1, 0.15) is 25.2 Å². The second-order valence-electron chi connectivity index (χ2n) is 15.7. The molecular weight excluding hydrogens is 783 g/mol. The van der Waals surface area contributed by atoms with Crippen molar-refractivity contribution < 1.29 is 23.7 Å². The first-order valence-electron chi connectivity index (χ1n) is 19.5. The van der Waals surface area contributed by atoms with Crippen LogP contribution in [0.15, 0.2) is 95.8 Å². The highest BCUT2D eigenvalue weighted by Crippen LogP contribution is 2.43. The Labute approximate surface area is 351 Å². The molecule has 3 aliphatic rings. The van der Waals surface area contributed by atoms with E-state index in [2.05, 4.69) is 61.6 Å². The van der Waals surface area contributed by atoms with Gasteiger partial charge in [-0.15, -0.1) is 0 Å². The van der Waals surface area contributed by atoms with E-state index in [4.69, 9.17) is 23.9 Å². The van der Waals surface area contributed by atoms with E-state index >= 15 is 0 Å². The Morgan fingerprint density at radius 3 is 2.20 bits per heavy atom. The van der Waals surface area contributed by atoms with Crippen LogP contribution >= 0.6 is 21.6 Å². The number of rotatable bonds is 13. The van der Waals surface area contributed by atoms with E-state index in [-0.39, 0.29) is 35.6 Å². The van der Waals surface area contributed by atoms with Gasteiger partial charge in [0, 0.05) is 54.7 Å². The van der Waals surface area contributed by atoms with Crippen molar-refractivity contribution in [2.45, 2.75) is 50.8 Å². The first kappa shape index (κ1) is 38.7. The number of amides is 1. The Bertz CT molecular complexity index is 2700. The van der Waals surface area contributed by atoms with Crippen molar-refractivity contribution in [2.24, 2.45) is 0 Å². The number of carbonyl (C=O) groups excluding carboxylic acids is 1. The molecule has 0 spiro atoms. The zero-order valence-electron chi connectivity index (χ0n) is 33.8. The largest absolute Gasteiger partial charge is 0.493 e. The zero-order valence-corrected chi connectivity index (χ0v) is 35.5. The number of nitrogens with zero attached hydrogens (tertiary/aromatic N) is 4. The van der Waals surface area contributed by atoms with Gasteiger partial charge in [0.05, 0.1) is 42.1 Å². The van der Waals surface area contributed by atoms with Gasteiger partial charge in [-0.25, -0.2) is 4.98 Å². The molecule has 0 bridgehead atoms. The van der Waals surface area contributed by atoms with Crippen molar-refractivity contribution in [2.75, 3.05) is 49.2 Å². The van der Waals surface area contributed by atoms with Crippen LogP contribution in [0.1, 0.15) is 52.3 Å². The van der Waals surface area contributed by atoms with Gasteiger partial charge in [0.15, 0.2) is 23.0 Å². The number of anilines is 3. The quantitative estimate of drug-likeness (QED) is 0.113. The molecule has 6 aromatic rings. The molecule has 9 rings (SSSR count). The van der Waals surface area contributed by atoms with Gasteiger partial charge >= 0.3 is 0 Å². The van der Waals surface area contributed by atoms with Crippen molar-refractivity contribution in [3.05, 3.63) is 135 Å². The summed E-state index contributed by atoms with van der Waals surface area (Å²) in [6, 6.07) is 29.4. The minimum atomic E-state index is -0.173. The van der Waals surface area contributed by atoms with Crippen LogP contribution in [0, 0.1) is 0 Å². The molecule has 13 heteroatoms. The number of methoxy groups -OCH3 is 2. The Morgan fingerprint density at radius 1 is 0.831 bits per heavy atom. The standard InChI is InChI=1S/C46H45N5O6S2/c1-46(2,59-58-6)26-49(3)31-16-27(24-56-40-22-34-32(20-38(40)54-4)44(52)50-36-13-9-7-11-29(36)18-42(50)47-34)15-28(17-31)25-57-41-23-35-33(21-39(41)55-5)45(53)51-37-14-10-8-12-30(37)19-43(51)48-35/h7-17,20-23,42,47H,18-19,24-26H2,1-6H3/t42-/m0/s1. The molecule has 0 fully saturated rings. The molecule has 0 unspecified atom stereocenters. The minimum Gasteiger partial charge on any atom is -0.493 e. The second-order valence-corrected chi connectivity index (χ2v) is 18.8. The predicted molar refractivity (Wildman–Crippen MR) is 238 cm³/mol. The van der Waals surface area contributed by atoms with E-state index in [9.17, 15) is 9.59 Å². The summed E-state index contributed by atoms with van der Waals surface area (Å²) in [4.78, 5) is 36.6. The summed E-state index contributed by atoms with van der Waals surface area (Å²) in [5, 5.41) is 4.04. The molecule has 0 radical (unpaired) electrons. The van der Waals surface area contributed by atoms with E-state index < -0.39 is 0 Å². The van der Waals surface area contributed by atoms with Crippen molar-refractivity contribution in [3.63, 3.8) is 0 Å².